The quantitative estimate of drug-likeness (QED) is 0.282. The van der Waals surface area contributed by atoms with Crippen LogP contribution in [0.2, 0.25) is 0 Å². The van der Waals surface area contributed by atoms with Crippen LogP contribution in [0.3, 0.4) is 0 Å². The van der Waals surface area contributed by atoms with Crippen LogP contribution in [0.1, 0.15) is 110 Å². The van der Waals surface area contributed by atoms with E-state index in [-0.39, 0.29) is 35.0 Å². The number of carbonyl (C=O) groups excluding carboxylic acids is 5. The number of rotatable bonds is 8. The Balaban J connectivity index is 1.35. The number of nitrogens with one attached hydrogen (secondary N) is 4. The van der Waals surface area contributed by atoms with Gasteiger partial charge in [-0.2, -0.15) is 0 Å². The molecule has 13 nitrogen and oxygen atoms in total. The summed E-state index contributed by atoms with van der Waals surface area (Å²) in [5, 5.41) is 11.5. The first-order valence-corrected chi connectivity index (χ1v) is 19.7. The molecule has 0 radical (unpaired) electrons. The maximum Gasteiger partial charge on any atom is 0.315 e. The molecule has 3 aliphatic carbocycles. The third-order valence-corrected chi connectivity index (χ3v) is 13.6. The number of ketones is 1. The standard InChI is InChI=1S/C34H56N6O7S/c1-33(2)23-20-40-27(26(23)33)29(42)36-24(28(41)30(43)35-22-16-17-22)14-10-7-5-6-8-11-15-25(31(40)44)37-32(45)38-34(18-12-9-13-19-34)21-48(46,47)39(3)4/h22-27H,5-21H2,1-4H3,(H,35,43)(H,36,42)(H2,37,38,45)/t23-,24-,25-,26-,27-/m0/s1. The normalized spacial score (nSPS) is 30.9. The lowest BCUT2D eigenvalue weighted by molar-refractivity contribution is -0.144. The molecule has 5 amide bonds. The maximum atomic E-state index is 14.3. The summed E-state index contributed by atoms with van der Waals surface area (Å²) < 4.78 is 27.0. The van der Waals surface area contributed by atoms with Crippen molar-refractivity contribution < 1.29 is 32.4 Å². The average Bonchev–Trinajstić information content (AvgIpc) is 3.87. The second-order valence-electron chi connectivity index (χ2n) is 15.8. The first kappa shape index (κ1) is 36.5. The highest BCUT2D eigenvalue weighted by atomic mass is 32.2. The van der Waals surface area contributed by atoms with Crippen LogP contribution in [0.5, 0.6) is 0 Å². The van der Waals surface area contributed by atoms with Gasteiger partial charge in [0.15, 0.2) is 0 Å². The molecular formula is C34H56N6O7S. The van der Waals surface area contributed by atoms with Crippen molar-refractivity contribution in [2.45, 2.75) is 140 Å². The number of Topliss-reactive ketones (excluding diaryl/α,β-unsaturated/α-hetero) is 1. The highest BCUT2D eigenvalue weighted by Crippen LogP contribution is 2.65. The van der Waals surface area contributed by atoms with Gasteiger partial charge in [-0.3, -0.25) is 19.2 Å². The smallest absolute Gasteiger partial charge is 0.315 e. The number of urea groups is 1. The van der Waals surface area contributed by atoms with Gasteiger partial charge in [0.2, 0.25) is 27.6 Å². The molecule has 0 aromatic heterocycles. The van der Waals surface area contributed by atoms with Crippen molar-refractivity contribution in [1.29, 1.82) is 0 Å². The van der Waals surface area contributed by atoms with Crippen molar-refractivity contribution in [3.63, 3.8) is 0 Å². The Kier molecular flexibility index (Phi) is 11.1. The molecule has 5 atom stereocenters. The molecule has 2 heterocycles. The molecule has 2 saturated heterocycles. The van der Waals surface area contributed by atoms with E-state index in [1.807, 2.05) is 0 Å². The molecule has 48 heavy (non-hydrogen) atoms. The van der Waals surface area contributed by atoms with Gasteiger partial charge in [0, 0.05) is 26.7 Å². The molecule has 2 aliphatic heterocycles. The molecule has 5 fully saturated rings. The number of piperidine rings is 1. The van der Waals surface area contributed by atoms with E-state index in [1.165, 1.54) is 18.4 Å². The first-order valence-electron chi connectivity index (χ1n) is 18.1. The van der Waals surface area contributed by atoms with Gasteiger partial charge in [0.1, 0.15) is 12.1 Å². The van der Waals surface area contributed by atoms with E-state index in [2.05, 4.69) is 35.1 Å². The fraction of sp³-hybridized carbons (Fsp3) is 0.853. The summed E-state index contributed by atoms with van der Waals surface area (Å²) in [6.45, 7) is 4.51. The minimum absolute atomic E-state index is 0.0161. The Hall–Kier alpha value is -2.74. The van der Waals surface area contributed by atoms with Crippen LogP contribution < -0.4 is 21.3 Å². The van der Waals surface area contributed by atoms with Crippen molar-refractivity contribution in [2.75, 3.05) is 26.4 Å². The zero-order valence-corrected chi connectivity index (χ0v) is 30.0. The number of amides is 5. The first-order chi connectivity index (χ1) is 22.6. The van der Waals surface area contributed by atoms with Gasteiger partial charge < -0.3 is 26.2 Å². The Labute approximate surface area is 285 Å². The number of hydrogen-bond donors (Lipinski definition) is 4. The van der Waals surface area contributed by atoms with E-state index in [0.29, 0.717) is 45.1 Å². The van der Waals surface area contributed by atoms with E-state index in [9.17, 15) is 32.4 Å². The maximum absolute atomic E-state index is 14.3. The molecule has 4 N–H and O–H groups in total. The fourth-order valence-electron chi connectivity index (χ4n) is 8.29. The molecule has 0 aromatic carbocycles. The van der Waals surface area contributed by atoms with Crippen LogP contribution in [-0.2, 0) is 29.2 Å². The van der Waals surface area contributed by atoms with Crippen molar-refractivity contribution in [3.05, 3.63) is 0 Å². The molecule has 0 aromatic rings. The second kappa shape index (κ2) is 14.6. The van der Waals surface area contributed by atoms with Gasteiger partial charge in [-0.25, -0.2) is 17.5 Å². The third kappa shape index (κ3) is 8.34. The van der Waals surface area contributed by atoms with E-state index in [4.69, 9.17) is 0 Å². The van der Waals surface area contributed by atoms with Crippen molar-refractivity contribution in [2.24, 2.45) is 17.3 Å². The molecule has 0 bridgehead atoms. The van der Waals surface area contributed by atoms with E-state index in [1.54, 1.807) is 4.90 Å². The van der Waals surface area contributed by atoms with Crippen molar-refractivity contribution >= 4 is 39.6 Å². The SMILES string of the molecule is CN(C)S(=O)(=O)CC1(NC(=O)N[C@H]2CCCCCCCC[C@@H](C(=O)C(=O)NC3CC3)NC(=O)[C@@H]3[C@@H]4[C@H](CN3C2=O)C4(C)C)CCCCC1. The van der Waals surface area contributed by atoms with Gasteiger partial charge in [-0.05, 0) is 55.8 Å². The van der Waals surface area contributed by atoms with E-state index >= 15 is 0 Å². The Morgan fingerprint density at radius 1 is 0.875 bits per heavy atom. The molecule has 0 unspecified atom stereocenters. The summed E-state index contributed by atoms with van der Waals surface area (Å²) in [5.41, 5.74) is -1.11. The highest BCUT2D eigenvalue weighted by Gasteiger charge is 2.69. The minimum atomic E-state index is -3.61. The topological polar surface area (TPSA) is 174 Å². The molecule has 14 heteroatoms. The lowest BCUT2D eigenvalue weighted by Crippen LogP contribution is -2.62. The van der Waals surface area contributed by atoms with Crippen LogP contribution in [-0.4, -0.2) is 103 Å². The summed E-state index contributed by atoms with van der Waals surface area (Å²) in [6.07, 6.45) is 10.9. The van der Waals surface area contributed by atoms with E-state index < -0.39 is 57.3 Å². The van der Waals surface area contributed by atoms with Gasteiger partial charge in [0.05, 0.1) is 17.3 Å². The third-order valence-electron chi connectivity index (χ3n) is 11.6. The number of sulfonamides is 1. The molecular weight excluding hydrogens is 636 g/mol. The predicted octanol–water partition coefficient (Wildman–Crippen LogP) is 2.20. The van der Waals surface area contributed by atoms with Crippen LogP contribution in [0.4, 0.5) is 4.79 Å². The van der Waals surface area contributed by atoms with Crippen LogP contribution in [0.15, 0.2) is 0 Å². The summed E-state index contributed by atoms with van der Waals surface area (Å²) in [6, 6.07) is -3.27. The summed E-state index contributed by atoms with van der Waals surface area (Å²) in [4.78, 5) is 69.6. The fourth-order valence-corrected chi connectivity index (χ4v) is 9.61. The zero-order valence-electron chi connectivity index (χ0n) is 29.1. The average molecular weight is 693 g/mol. The minimum Gasteiger partial charge on any atom is -0.347 e. The number of fused-ring (bicyclic) bond motifs is 3. The zero-order chi connectivity index (χ0) is 34.9. The molecule has 5 aliphatic rings. The van der Waals surface area contributed by atoms with Crippen LogP contribution in [0.25, 0.3) is 0 Å². The van der Waals surface area contributed by atoms with Crippen molar-refractivity contribution in [3.8, 4) is 0 Å². The molecule has 270 valence electrons. The Morgan fingerprint density at radius 3 is 2.10 bits per heavy atom. The monoisotopic (exact) mass is 692 g/mol. The molecule has 3 saturated carbocycles. The Bertz CT molecular complexity index is 1360. The number of carbonyl (C=O) groups is 5. The highest BCUT2D eigenvalue weighted by molar-refractivity contribution is 7.89. The lowest BCUT2D eigenvalue weighted by atomic mass is 9.83. The molecule has 5 rings (SSSR count). The predicted molar refractivity (Wildman–Crippen MR) is 180 cm³/mol. The van der Waals surface area contributed by atoms with Gasteiger partial charge in [-0.15, -0.1) is 0 Å². The summed E-state index contributed by atoms with van der Waals surface area (Å²) in [7, 11) is -0.643. The second-order valence-corrected chi connectivity index (χ2v) is 18.0. The Morgan fingerprint density at radius 2 is 1.48 bits per heavy atom. The number of nitrogens with zero attached hydrogens (tertiary/aromatic N) is 2. The van der Waals surface area contributed by atoms with Gasteiger partial charge in [-0.1, -0.05) is 71.6 Å². The van der Waals surface area contributed by atoms with Gasteiger partial charge >= 0.3 is 6.03 Å². The molecule has 0 spiro atoms. The number of hydrogen-bond acceptors (Lipinski definition) is 7. The summed E-state index contributed by atoms with van der Waals surface area (Å²) in [5.74, 6) is -2.34. The van der Waals surface area contributed by atoms with Crippen LogP contribution >= 0.6 is 0 Å². The van der Waals surface area contributed by atoms with Crippen LogP contribution in [0, 0.1) is 17.3 Å². The largest absolute Gasteiger partial charge is 0.347 e. The van der Waals surface area contributed by atoms with Crippen molar-refractivity contribution in [1.82, 2.24) is 30.5 Å². The summed E-state index contributed by atoms with van der Waals surface area (Å²) >= 11 is 0. The van der Waals surface area contributed by atoms with E-state index in [0.717, 1.165) is 57.8 Å². The lowest BCUT2D eigenvalue weighted by Gasteiger charge is -2.39. The van der Waals surface area contributed by atoms with Gasteiger partial charge in [0.25, 0.3) is 5.91 Å².